The van der Waals surface area contributed by atoms with Gasteiger partial charge in [-0.1, -0.05) is 30.7 Å². The summed E-state index contributed by atoms with van der Waals surface area (Å²) in [5.41, 5.74) is 3.86. The number of β-amino-alcohol motifs (C(OH)–C–C–N with tert-alkyl or cyclic N) is 1. The summed E-state index contributed by atoms with van der Waals surface area (Å²) in [5, 5.41) is 13.7. The number of likely N-dealkylation sites (tertiary alicyclic amines) is 2. The zero-order valence-electron chi connectivity index (χ0n) is 17.3. The molecule has 0 radical (unpaired) electrons. The van der Waals surface area contributed by atoms with Crippen LogP contribution in [-0.2, 0) is 0 Å². The normalized spacial score (nSPS) is 21.5. The highest BCUT2D eigenvalue weighted by Crippen LogP contribution is 2.25. The van der Waals surface area contributed by atoms with Gasteiger partial charge in [0.25, 0.3) is 5.91 Å². The molecule has 7 heteroatoms. The molecule has 0 aliphatic carbocycles. The molecular weight excluding hydrogens is 421 g/mol. The highest BCUT2D eigenvalue weighted by atomic mass is 35.5. The van der Waals surface area contributed by atoms with E-state index in [9.17, 15) is 9.90 Å². The lowest BCUT2D eigenvalue weighted by molar-refractivity contribution is 0.0702. The molecule has 0 spiro atoms. The van der Waals surface area contributed by atoms with Gasteiger partial charge in [-0.25, -0.2) is 0 Å². The molecule has 0 unspecified atom stereocenters. The van der Waals surface area contributed by atoms with Crippen LogP contribution in [0, 0.1) is 0 Å². The van der Waals surface area contributed by atoms with E-state index in [1.165, 1.54) is 19.3 Å². The van der Waals surface area contributed by atoms with Crippen molar-refractivity contribution in [3.05, 3.63) is 54.1 Å². The largest absolute Gasteiger partial charge is 0.390 e. The third kappa shape index (κ3) is 5.27. The molecule has 2 saturated heterocycles. The van der Waals surface area contributed by atoms with Crippen molar-refractivity contribution in [3.63, 3.8) is 0 Å². The number of piperidine rings is 1. The number of amides is 1. The Morgan fingerprint density at radius 1 is 0.967 bits per heavy atom. The topological polar surface area (TPSA) is 55.8 Å². The van der Waals surface area contributed by atoms with Crippen LogP contribution in [0.2, 0.25) is 0 Å². The number of nitrogens with zero attached hydrogens (tertiary/aromatic N) is 2. The van der Waals surface area contributed by atoms with E-state index in [-0.39, 0.29) is 36.8 Å². The maximum atomic E-state index is 13.1. The van der Waals surface area contributed by atoms with Crippen LogP contribution in [0.3, 0.4) is 0 Å². The molecule has 30 heavy (non-hydrogen) atoms. The molecule has 2 aromatic carbocycles. The number of anilines is 1. The summed E-state index contributed by atoms with van der Waals surface area (Å²) in [6, 6.07) is 16.0. The van der Waals surface area contributed by atoms with E-state index in [0.717, 1.165) is 29.9 Å². The Morgan fingerprint density at radius 3 is 2.33 bits per heavy atom. The SMILES string of the molecule is CNc1ccc(-c2cccc(C(=O)N3C[C@H](O)[C@@H](N4CCCCC4)C3)c2)cc1.Cl.Cl. The van der Waals surface area contributed by atoms with Crippen LogP contribution in [0.1, 0.15) is 29.6 Å². The van der Waals surface area contributed by atoms with Gasteiger partial charge in [0, 0.05) is 31.4 Å². The van der Waals surface area contributed by atoms with Crippen LogP contribution in [-0.4, -0.2) is 66.2 Å². The summed E-state index contributed by atoms with van der Waals surface area (Å²) >= 11 is 0. The van der Waals surface area contributed by atoms with Gasteiger partial charge in [0.05, 0.1) is 12.1 Å². The fourth-order valence-corrected chi connectivity index (χ4v) is 4.39. The van der Waals surface area contributed by atoms with Crippen LogP contribution >= 0.6 is 24.8 Å². The number of carbonyl (C=O) groups is 1. The molecule has 2 N–H and O–H groups in total. The predicted octanol–water partition coefficient (Wildman–Crippen LogP) is 3.91. The monoisotopic (exact) mass is 451 g/mol. The number of hydrogen-bond donors (Lipinski definition) is 2. The molecule has 5 nitrogen and oxygen atoms in total. The number of aliphatic hydroxyl groups excluding tert-OH is 1. The van der Waals surface area contributed by atoms with E-state index < -0.39 is 6.10 Å². The first-order valence-corrected chi connectivity index (χ1v) is 10.3. The highest BCUT2D eigenvalue weighted by molar-refractivity contribution is 5.95. The summed E-state index contributed by atoms with van der Waals surface area (Å²) in [5.74, 6) is 0.00672. The zero-order valence-corrected chi connectivity index (χ0v) is 18.9. The average molecular weight is 452 g/mol. The molecule has 4 rings (SSSR count). The molecule has 164 valence electrons. The summed E-state index contributed by atoms with van der Waals surface area (Å²) in [4.78, 5) is 17.3. The first-order chi connectivity index (χ1) is 13.7. The highest BCUT2D eigenvalue weighted by Gasteiger charge is 2.38. The smallest absolute Gasteiger partial charge is 0.254 e. The van der Waals surface area contributed by atoms with Crippen molar-refractivity contribution in [3.8, 4) is 11.1 Å². The second-order valence-corrected chi connectivity index (χ2v) is 7.85. The molecule has 0 saturated carbocycles. The second-order valence-electron chi connectivity index (χ2n) is 7.85. The Balaban J connectivity index is 0.00000160. The van der Waals surface area contributed by atoms with Crippen LogP contribution in [0.4, 0.5) is 5.69 Å². The van der Waals surface area contributed by atoms with Gasteiger partial charge < -0.3 is 15.3 Å². The van der Waals surface area contributed by atoms with Crippen molar-refractivity contribution in [1.29, 1.82) is 0 Å². The maximum Gasteiger partial charge on any atom is 0.254 e. The second kappa shape index (κ2) is 11.0. The molecule has 2 heterocycles. The summed E-state index contributed by atoms with van der Waals surface area (Å²) in [6.07, 6.45) is 3.18. The number of hydrogen-bond acceptors (Lipinski definition) is 4. The van der Waals surface area contributed by atoms with Gasteiger partial charge in [0.1, 0.15) is 0 Å². The van der Waals surface area contributed by atoms with Crippen LogP contribution in [0.15, 0.2) is 48.5 Å². The lowest BCUT2D eigenvalue weighted by Gasteiger charge is -2.33. The third-order valence-electron chi connectivity index (χ3n) is 6.02. The van der Waals surface area contributed by atoms with Crippen molar-refractivity contribution in [1.82, 2.24) is 9.80 Å². The Morgan fingerprint density at radius 2 is 1.67 bits per heavy atom. The summed E-state index contributed by atoms with van der Waals surface area (Å²) in [6.45, 7) is 3.09. The molecule has 2 aromatic rings. The van der Waals surface area contributed by atoms with Crippen molar-refractivity contribution in [2.24, 2.45) is 0 Å². The van der Waals surface area contributed by atoms with Gasteiger partial charge in [-0.3, -0.25) is 9.69 Å². The molecule has 2 aliphatic rings. The van der Waals surface area contributed by atoms with E-state index in [1.807, 2.05) is 48.3 Å². The molecule has 2 fully saturated rings. The van der Waals surface area contributed by atoms with Crippen LogP contribution in [0.25, 0.3) is 11.1 Å². The predicted molar refractivity (Wildman–Crippen MR) is 127 cm³/mol. The lowest BCUT2D eigenvalue weighted by Crippen LogP contribution is -2.46. The van der Waals surface area contributed by atoms with Crippen molar-refractivity contribution < 1.29 is 9.90 Å². The zero-order chi connectivity index (χ0) is 19.5. The van der Waals surface area contributed by atoms with Gasteiger partial charge >= 0.3 is 0 Å². The third-order valence-corrected chi connectivity index (χ3v) is 6.02. The minimum absolute atomic E-state index is 0. The van der Waals surface area contributed by atoms with Gasteiger partial charge in [-0.05, 0) is 61.3 Å². The van der Waals surface area contributed by atoms with Crippen molar-refractivity contribution in [2.45, 2.75) is 31.4 Å². The Bertz CT molecular complexity index is 825. The van der Waals surface area contributed by atoms with Crippen LogP contribution in [0.5, 0.6) is 0 Å². The van der Waals surface area contributed by atoms with E-state index in [2.05, 4.69) is 22.3 Å². The van der Waals surface area contributed by atoms with Crippen molar-refractivity contribution >= 4 is 36.4 Å². The quantitative estimate of drug-likeness (QED) is 0.739. The lowest BCUT2D eigenvalue weighted by atomic mass is 10.0. The molecule has 2 atom stereocenters. The van der Waals surface area contributed by atoms with E-state index >= 15 is 0 Å². The van der Waals surface area contributed by atoms with Crippen molar-refractivity contribution in [2.75, 3.05) is 38.5 Å². The first-order valence-electron chi connectivity index (χ1n) is 10.3. The number of nitrogens with one attached hydrogen (secondary N) is 1. The summed E-state index contributed by atoms with van der Waals surface area (Å²) in [7, 11) is 1.90. The Kier molecular flexibility index (Phi) is 8.98. The van der Waals surface area contributed by atoms with E-state index in [4.69, 9.17) is 0 Å². The van der Waals surface area contributed by atoms with Gasteiger partial charge in [-0.2, -0.15) is 0 Å². The molecule has 2 aliphatic heterocycles. The van der Waals surface area contributed by atoms with Gasteiger partial charge in [-0.15, -0.1) is 24.8 Å². The average Bonchev–Trinajstić information content (AvgIpc) is 3.15. The standard InChI is InChI=1S/C23H29N3O2.2ClH/c1-24-20-10-8-17(9-11-20)18-6-5-7-19(14-18)23(28)26-15-21(22(27)16-26)25-12-3-2-4-13-25;;/h5-11,14,21-22,24,27H,2-4,12-13,15-16H2,1H3;2*1H/t21-,22-;;/m0../s1. The van der Waals surface area contributed by atoms with Gasteiger partial charge in [0.15, 0.2) is 0 Å². The number of benzene rings is 2. The minimum atomic E-state index is -0.459. The molecular formula is C23H31Cl2N3O2. The summed E-state index contributed by atoms with van der Waals surface area (Å²) < 4.78 is 0. The van der Waals surface area contributed by atoms with Gasteiger partial charge in [0.2, 0.25) is 0 Å². The fraction of sp³-hybridized carbons (Fsp3) is 0.435. The first kappa shape index (κ1) is 24.5. The molecule has 0 bridgehead atoms. The molecule has 1 amide bonds. The number of rotatable bonds is 4. The number of halogens is 2. The Labute approximate surface area is 191 Å². The minimum Gasteiger partial charge on any atom is -0.390 e. The van der Waals surface area contributed by atoms with Crippen LogP contribution < -0.4 is 5.32 Å². The fourth-order valence-electron chi connectivity index (χ4n) is 4.39. The van der Waals surface area contributed by atoms with E-state index in [1.54, 1.807) is 0 Å². The maximum absolute atomic E-state index is 13.1. The van der Waals surface area contributed by atoms with E-state index in [0.29, 0.717) is 18.7 Å². The number of aliphatic hydroxyl groups is 1. The number of carbonyl (C=O) groups excluding carboxylic acids is 1. The Hall–Kier alpha value is -1.79. The molecule has 0 aromatic heterocycles.